The van der Waals surface area contributed by atoms with E-state index in [1.54, 1.807) is 0 Å². The van der Waals surface area contributed by atoms with E-state index in [-0.39, 0.29) is 56.5 Å². The Morgan fingerprint density at radius 1 is 0.500 bits per heavy atom. The summed E-state index contributed by atoms with van der Waals surface area (Å²) >= 11 is 0. The van der Waals surface area contributed by atoms with Crippen molar-refractivity contribution in [3.63, 3.8) is 0 Å². The lowest BCUT2D eigenvalue weighted by atomic mass is 9.92. The molecule has 0 radical (unpaired) electrons. The first-order chi connectivity index (χ1) is 13.1. The van der Waals surface area contributed by atoms with Crippen molar-refractivity contribution in [3.8, 4) is 0 Å². The number of ketones is 5. The molecule has 0 saturated heterocycles. The molecule has 0 aliphatic heterocycles. The van der Waals surface area contributed by atoms with Gasteiger partial charge in [-0.15, -0.1) is 0 Å². The molecule has 0 N–H and O–H groups in total. The molecule has 0 amide bonds. The third-order valence-corrected chi connectivity index (χ3v) is 4.08. The van der Waals surface area contributed by atoms with Crippen LogP contribution in [0, 0.1) is 0 Å². The molecule has 0 bridgehead atoms. The van der Waals surface area contributed by atoms with E-state index in [0.717, 1.165) is 0 Å². The minimum Gasteiger partial charge on any atom is -0.294 e. The van der Waals surface area contributed by atoms with E-state index in [1.165, 1.54) is 64.1 Å². The number of hydrogen-bond acceptors (Lipinski definition) is 5. The molecule has 0 spiro atoms. The van der Waals surface area contributed by atoms with Crippen molar-refractivity contribution in [1.82, 2.24) is 0 Å². The molecule has 0 fully saturated rings. The molecule has 0 aromatic heterocycles. The van der Waals surface area contributed by atoms with Crippen LogP contribution in [0.5, 0.6) is 0 Å². The second-order valence-corrected chi connectivity index (χ2v) is 6.07. The van der Waals surface area contributed by atoms with Gasteiger partial charge in [-0.05, 0) is 52.0 Å². The zero-order valence-corrected chi connectivity index (χ0v) is 17.0. The fraction of sp³-hybridized carbons (Fsp3) is 0.261. The van der Waals surface area contributed by atoms with Crippen molar-refractivity contribution in [1.29, 1.82) is 0 Å². The highest BCUT2D eigenvalue weighted by molar-refractivity contribution is 6.15. The molecule has 0 aliphatic carbocycles. The van der Waals surface area contributed by atoms with E-state index in [4.69, 9.17) is 0 Å². The van der Waals surface area contributed by atoms with Crippen molar-refractivity contribution in [3.05, 3.63) is 69.8 Å². The lowest BCUT2D eigenvalue weighted by molar-refractivity contribution is 0.0979. The Morgan fingerprint density at radius 3 is 1.04 bits per heavy atom. The number of carbonyl (C=O) groups is 5. The van der Waals surface area contributed by atoms with Gasteiger partial charge >= 0.3 is 0 Å². The van der Waals surface area contributed by atoms with Crippen molar-refractivity contribution in [2.45, 2.75) is 41.5 Å². The largest absolute Gasteiger partial charge is 0.294 e. The van der Waals surface area contributed by atoms with E-state index in [1.807, 2.05) is 13.8 Å². The maximum Gasteiger partial charge on any atom is 0.193 e. The minimum absolute atomic E-state index is 0.176. The van der Waals surface area contributed by atoms with Crippen molar-refractivity contribution < 1.29 is 24.0 Å². The first-order valence-electron chi connectivity index (χ1n) is 9.00. The van der Waals surface area contributed by atoms with E-state index in [9.17, 15) is 24.0 Å². The Balaban J connectivity index is 0.00000190. The van der Waals surface area contributed by atoms with Crippen LogP contribution in [0.3, 0.4) is 0 Å². The molecule has 0 saturated carbocycles. The molecule has 28 heavy (non-hydrogen) atoms. The monoisotopic (exact) mass is 380 g/mol. The molecule has 2 rings (SSSR count). The van der Waals surface area contributed by atoms with Gasteiger partial charge in [-0.2, -0.15) is 0 Å². The quantitative estimate of drug-likeness (QED) is 0.675. The maximum atomic E-state index is 12.8. The van der Waals surface area contributed by atoms with E-state index >= 15 is 0 Å². The molecule has 2 aromatic rings. The first kappa shape index (κ1) is 22.8. The highest BCUT2D eigenvalue weighted by Gasteiger charge is 2.19. The average Bonchev–Trinajstić information content (AvgIpc) is 2.67. The van der Waals surface area contributed by atoms with Gasteiger partial charge in [-0.25, -0.2) is 0 Å². The molecule has 0 heterocycles. The van der Waals surface area contributed by atoms with Gasteiger partial charge in [0.05, 0.1) is 0 Å². The Morgan fingerprint density at radius 2 is 0.786 bits per heavy atom. The fourth-order valence-corrected chi connectivity index (χ4v) is 2.73. The van der Waals surface area contributed by atoms with Gasteiger partial charge in [0.15, 0.2) is 28.9 Å². The maximum absolute atomic E-state index is 12.8. The lowest BCUT2D eigenvalue weighted by Gasteiger charge is -2.09. The average molecular weight is 380 g/mol. The number of benzene rings is 2. The second kappa shape index (κ2) is 9.65. The molecule has 0 unspecified atom stereocenters. The Labute approximate surface area is 164 Å². The number of carbonyl (C=O) groups excluding carboxylic acids is 5. The summed E-state index contributed by atoms with van der Waals surface area (Å²) in [6.07, 6.45) is 0. The zero-order valence-electron chi connectivity index (χ0n) is 17.0. The predicted molar refractivity (Wildman–Crippen MR) is 108 cm³/mol. The van der Waals surface area contributed by atoms with Crippen molar-refractivity contribution >= 4 is 28.9 Å². The van der Waals surface area contributed by atoms with Crippen LogP contribution in [-0.4, -0.2) is 28.9 Å². The van der Waals surface area contributed by atoms with Crippen LogP contribution in [0.25, 0.3) is 0 Å². The standard InChI is InChI=1S/C21H18O5.C2H6/c1-11(22)17-7-5-15(9-19(17)13(3)24)21(26)16-6-8-18(12(2)23)20(10-16)14(4)25;1-2/h5-10H,1-4H3;1-2H3. The molecule has 5 nitrogen and oxygen atoms in total. The summed E-state index contributed by atoms with van der Waals surface area (Å²) < 4.78 is 0. The van der Waals surface area contributed by atoms with E-state index in [0.29, 0.717) is 0 Å². The molecule has 5 heteroatoms. The Kier molecular flexibility index (Phi) is 7.87. The van der Waals surface area contributed by atoms with Crippen LogP contribution in [-0.2, 0) is 0 Å². The topological polar surface area (TPSA) is 85.3 Å². The van der Waals surface area contributed by atoms with Crippen molar-refractivity contribution in [2.75, 3.05) is 0 Å². The summed E-state index contributed by atoms with van der Waals surface area (Å²) in [5.41, 5.74) is 1.32. The summed E-state index contributed by atoms with van der Waals surface area (Å²) in [5, 5.41) is 0. The highest BCUT2D eigenvalue weighted by Crippen LogP contribution is 2.20. The minimum atomic E-state index is -0.403. The number of hydrogen-bond donors (Lipinski definition) is 0. The summed E-state index contributed by atoms with van der Waals surface area (Å²) in [4.78, 5) is 59.6. The second-order valence-electron chi connectivity index (χ2n) is 6.07. The summed E-state index contributed by atoms with van der Waals surface area (Å²) in [5.74, 6) is -1.57. The van der Waals surface area contributed by atoms with Crippen LogP contribution in [0.1, 0.15) is 98.9 Å². The highest BCUT2D eigenvalue weighted by atomic mass is 16.1. The normalized spacial score (nSPS) is 9.79. The van der Waals surface area contributed by atoms with Crippen LogP contribution in [0.2, 0.25) is 0 Å². The third-order valence-electron chi connectivity index (χ3n) is 4.08. The van der Waals surface area contributed by atoms with Crippen molar-refractivity contribution in [2.24, 2.45) is 0 Å². The summed E-state index contributed by atoms with van der Waals surface area (Å²) in [6, 6.07) is 8.60. The van der Waals surface area contributed by atoms with Gasteiger partial charge in [0.2, 0.25) is 0 Å². The smallest absolute Gasteiger partial charge is 0.193 e. The predicted octanol–water partition coefficient (Wildman–Crippen LogP) is 4.75. The third kappa shape index (κ3) is 4.94. The van der Waals surface area contributed by atoms with Gasteiger partial charge in [-0.3, -0.25) is 24.0 Å². The van der Waals surface area contributed by atoms with Crippen LogP contribution in [0.15, 0.2) is 36.4 Å². The van der Waals surface area contributed by atoms with Crippen LogP contribution < -0.4 is 0 Å². The number of Topliss-reactive ketones (excluding diaryl/α,β-unsaturated/α-hetero) is 4. The molecule has 0 aliphatic rings. The molecular formula is C23H24O5. The SMILES string of the molecule is CC.CC(=O)c1ccc(C(=O)c2ccc(C(C)=O)c(C(C)=O)c2)cc1C(C)=O. The molecule has 0 atom stereocenters. The zero-order chi connectivity index (χ0) is 21.6. The van der Waals surface area contributed by atoms with E-state index < -0.39 is 5.78 Å². The Bertz CT molecular complexity index is 889. The molecule has 146 valence electrons. The van der Waals surface area contributed by atoms with E-state index in [2.05, 4.69) is 0 Å². The van der Waals surface area contributed by atoms with Gasteiger partial charge in [0.1, 0.15) is 0 Å². The van der Waals surface area contributed by atoms with Gasteiger partial charge in [-0.1, -0.05) is 26.0 Å². The fourth-order valence-electron chi connectivity index (χ4n) is 2.73. The summed E-state index contributed by atoms with van der Waals surface area (Å²) in [7, 11) is 0. The Hall–Kier alpha value is -3.21. The van der Waals surface area contributed by atoms with Gasteiger partial charge in [0, 0.05) is 33.4 Å². The lowest BCUT2D eigenvalue weighted by Crippen LogP contribution is -2.10. The molecular weight excluding hydrogens is 356 g/mol. The van der Waals surface area contributed by atoms with Crippen LogP contribution >= 0.6 is 0 Å². The van der Waals surface area contributed by atoms with Gasteiger partial charge in [0.25, 0.3) is 0 Å². The van der Waals surface area contributed by atoms with Gasteiger partial charge < -0.3 is 0 Å². The summed E-state index contributed by atoms with van der Waals surface area (Å²) in [6.45, 7) is 9.35. The first-order valence-corrected chi connectivity index (χ1v) is 9.00. The molecule has 2 aromatic carbocycles. The van der Waals surface area contributed by atoms with Crippen LogP contribution in [0.4, 0.5) is 0 Å². The number of rotatable bonds is 6.